The Morgan fingerprint density at radius 1 is 1.39 bits per heavy atom. The van der Waals surface area contributed by atoms with Crippen molar-refractivity contribution in [1.82, 2.24) is 29.9 Å². The first kappa shape index (κ1) is 15.9. The lowest BCUT2D eigenvalue weighted by Crippen LogP contribution is -2.46. The topological polar surface area (TPSA) is 82.9 Å². The van der Waals surface area contributed by atoms with E-state index in [-0.39, 0.29) is 13.1 Å². The maximum atomic E-state index is 12.6. The van der Waals surface area contributed by atoms with Crippen LogP contribution >= 0.6 is 0 Å². The predicted octanol–water partition coefficient (Wildman–Crippen LogP) is 1.05. The molecular formula is C13H17F3N6O. The van der Waals surface area contributed by atoms with Crippen LogP contribution in [0.3, 0.4) is 0 Å². The highest BCUT2D eigenvalue weighted by atomic mass is 19.4. The molecule has 2 aromatic rings. The number of hydrogen-bond donors (Lipinski definition) is 2. The second-order valence-electron chi connectivity index (χ2n) is 5.79. The Bertz CT molecular complexity index is 640. The molecule has 1 aliphatic rings. The Hall–Kier alpha value is -1.94. The first-order valence-corrected chi connectivity index (χ1v) is 7.23. The molecular weight excluding hydrogens is 313 g/mol. The number of likely N-dealkylation sites (tertiary alicyclic amines) is 1. The van der Waals surface area contributed by atoms with Crippen LogP contribution in [0.25, 0.3) is 0 Å². The number of H-pyrrole nitrogens is 1. The molecule has 10 heteroatoms. The molecule has 1 aliphatic heterocycles. The van der Waals surface area contributed by atoms with Crippen LogP contribution in [0.5, 0.6) is 0 Å². The van der Waals surface area contributed by atoms with E-state index in [9.17, 15) is 18.3 Å². The Labute approximate surface area is 130 Å². The van der Waals surface area contributed by atoms with Gasteiger partial charge in [0.2, 0.25) is 0 Å². The Kier molecular flexibility index (Phi) is 4.11. The zero-order chi connectivity index (χ0) is 16.5. The van der Waals surface area contributed by atoms with Crippen LogP contribution in [-0.4, -0.2) is 54.2 Å². The van der Waals surface area contributed by atoms with Crippen LogP contribution in [0, 0.1) is 0 Å². The third kappa shape index (κ3) is 3.70. The van der Waals surface area contributed by atoms with Gasteiger partial charge in [0.1, 0.15) is 23.7 Å². The van der Waals surface area contributed by atoms with Crippen molar-refractivity contribution in [2.24, 2.45) is 0 Å². The monoisotopic (exact) mass is 330 g/mol. The van der Waals surface area contributed by atoms with Crippen molar-refractivity contribution in [2.75, 3.05) is 13.1 Å². The van der Waals surface area contributed by atoms with Gasteiger partial charge in [0.15, 0.2) is 0 Å². The Morgan fingerprint density at radius 2 is 2.22 bits per heavy atom. The fraction of sp³-hybridized carbons (Fsp3) is 0.615. The second kappa shape index (κ2) is 5.93. The number of piperidine rings is 1. The fourth-order valence-electron chi connectivity index (χ4n) is 2.92. The maximum absolute atomic E-state index is 12.6. The van der Waals surface area contributed by atoms with Crippen LogP contribution in [0.4, 0.5) is 13.2 Å². The molecule has 2 N–H and O–H groups in total. The van der Waals surface area contributed by atoms with E-state index < -0.39 is 18.3 Å². The first-order chi connectivity index (χ1) is 10.9. The van der Waals surface area contributed by atoms with E-state index in [1.54, 1.807) is 0 Å². The fourth-order valence-corrected chi connectivity index (χ4v) is 2.92. The predicted molar refractivity (Wildman–Crippen MR) is 73.1 cm³/mol. The zero-order valence-electron chi connectivity index (χ0n) is 12.3. The number of aromatic amines is 1. The summed E-state index contributed by atoms with van der Waals surface area (Å²) in [5.41, 5.74) is -0.701. The Balaban J connectivity index is 1.70. The third-order valence-corrected chi connectivity index (χ3v) is 3.96. The van der Waals surface area contributed by atoms with Gasteiger partial charge in [-0.3, -0.25) is 4.90 Å². The van der Waals surface area contributed by atoms with Crippen LogP contribution in [0.15, 0.2) is 18.6 Å². The van der Waals surface area contributed by atoms with Gasteiger partial charge < -0.3 is 9.67 Å². The lowest BCUT2D eigenvalue weighted by Gasteiger charge is -2.37. The van der Waals surface area contributed by atoms with Gasteiger partial charge in [0, 0.05) is 18.9 Å². The van der Waals surface area contributed by atoms with Crippen molar-refractivity contribution in [3.05, 3.63) is 30.1 Å². The summed E-state index contributed by atoms with van der Waals surface area (Å²) in [7, 11) is 0. The number of alkyl halides is 3. The lowest BCUT2D eigenvalue weighted by atomic mass is 9.90. The largest absolute Gasteiger partial charge is 0.406 e. The molecule has 23 heavy (non-hydrogen) atoms. The molecule has 0 bridgehead atoms. The van der Waals surface area contributed by atoms with Gasteiger partial charge in [-0.15, -0.1) is 0 Å². The summed E-state index contributed by atoms with van der Waals surface area (Å²) >= 11 is 0. The molecule has 0 aromatic carbocycles. The number of nitrogens with zero attached hydrogens (tertiary/aromatic N) is 5. The molecule has 126 valence electrons. The first-order valence-electron chi connectivity index (χ1n) is 7.23. The molecule has 1 atom stereocenters. The van der Waals surface area contributed by atoms with E-state index >= 15 is 0 Å². The summed E-state index contributed by atoms with van der Waals surface area (Å²) in [6, 6.07) is 0. The molecule has 0 aliphatic carbocycles. The number of aliphatic hydroxyl groups is 1. The van der Waals surface area contributed by atoms with Crippen molar-refractivity contribution in [2.45, 2.75) is 37.7 Å². The Morgan fingerprint density at radius 3 is 2.91 bits per heavy atom. The van der Waals surface area contributed by atoms with Crippen molar-refractivity contribution < 1.29 is 18.3 Å². The molecule has 3 heterocycles. The summed E-state index contributed by atoms with van der Waals surface area (Å²) in [6.45, 7) is 0.129. The van der Waals surface area contributed by atoms with Crippen molar-refractivity contribution in [3.63, 3.8) is 0 Å². The van der Waals surface area contributed by atoms with Crippen LogP contribution in [-0.2, 0) is 18.7 Å². The summed E-state index contributed by atoms with van der Waals surface area (Å²) < 4.78 is 38.8. The number of rotatable bonds is 4. The van der Waals surface area contributed by atoms with Crippen LogP contribution in [0.1, 0.15) is 24.4 Å². The molecule has 0 radical (unpaired) electrons. The molecule has 0 spiro atoms. The zero-order valence-corrected chi connectivity index (χ0v) is 12.3. The number of β-amino-alcohol motifs (C(OH)–C–C–N with tert-alkyl or cyclic N) is 1. The van der Waals surface area contributed by atoms with Crippen molar-refractivity contribution in [3.8, 4) is 0 Å². The highest BCUT2D eigenvalue weighted by Crippen LogP contribution is 2.30. The minimum Gasteiger partial charge on any atom is -0.382 e. The number of hydrogen-bond acceptors (Lipinski definition) is 5. The number of imidazole rings is 1. The van der Waals surface area contributed by atoms with E-state index in [4.69, 9.17) is 0 Å². The van der Waals surface area contributed by atoms with Gasteiger partial charge in [-0.2, -0.15) is 28.6 Å². The highest BCUT2D eigenvalue weighted by Gasteiger charge is 2.37. The molecule has 7 nitrogen and oxygen atoms in total. The standard InChI is InChI=1S/C13H17F3N6O/c14-13(15,16)9-22-5-3-17-11(22)7-21-4-1-2-12(23,8-21)10-6-18-20-19-10/h3,5-6,23H,1-2,4,7-9H2,(H,18,19,20)/t12-/m0/s1. The third-order valence-electron chi connectivity index (χ3n) is 3.96. The van der Waals surface area contributed by atoms with Crippen LogP contribution in [0.2, 0.25) is 0 Å². The number of aromatic nitrogens is 5. The molecule has 3 rings (SSSR count). The van der Waals surface area contributed by atoms with Crippen LogP contribution < -0.4 is 0 Å². The molecule has 0 saturated carbocycles. The molecule has 1 saturated heterocycles. The quantitative estimate of drug-likeness (QED) is 0.875. The van der Waals surface area contributed by atoms with E-state index in [0.717, 1.165) is 4.57 Å². The van der Waals surface area contributed by atoms with E-state index in [1.807, 2.05) is 4.90 Å². The van der Waals surface area contributed by atoms with Gasteiger partial charge >= 0.3 is 6.18 Å². The molecule has 0 amide bonds. The molecule has 1 fully saturated rings. The summed E-state index contributed by atoms with van der Waals surface area (Å²) in [4.78, 5) is 5.89. The lowest BCUT2D eigenvalue weighted by molar-refractivity contribution is -0.141. The van der Waals surface area contributed by atoms with Gasteiger partial charge in [0.05, 0.1) is 12.7 Å². The van der Waals surface area contributed by atoms with Gasteiger partial charge in [0.25, 0.3) is 0 Å². The number of nitrogens with one attached hydrogen (secondary N) is 1. The summed E-state index contributed by atoms with van der Waals surface area (Å²) in [5, 5.41) is 20.8. The van der Waals surface area contributed by atoms with Gasteiger partial charge in [-0.05, 0) is 19.4 Å². The second-order valence-corrected chi connectivity index (χ2v) is 5.79. The van der Waals surface area contributed by atoms with Crippen molar-refractivity contribution in [1.29, 1.82) is 0 Å². The molecule has 2 aromatic heterocycles. The average Bonchev–Trinajstić information content (AvgIpc) is 3.10. The summed E-state index contributed by atoms with van der Waals surface area (Å²) in [6.07, 6.45) is 1.09. The average molecular weight is 330 g/mol. The van der Waals surface area contributed by atoms with Crippen molar-refractivity contribution >= 4 is 0 Å². The van der Waals surface area contributed by atoms with E-state index in [0.29, 0.717) is 30.9 Å². The SMILES string of the molecule is O[C@@]1(c2cn[nH]n2)CCCN(Cc2nccn2CC(F)(F)F)C1. The van der Waals surface area contributed by atoms with E-state index in [1.165, 1.54) is 18.6 Å². The minimum atomic E-state index is -4.29. The smallest absolute Gasteiger partial charge is 0.382 e. The molecule has 0 unspecified atom stereocenters. The normalized spacial score (nSPS) is 23.3. The van der Waals surface area contributed by atoms with Gasteiger partial charge in [-0.1, -0.05) is 0 Å². The number of halogens is 3. The van der Waals surface area contributed by atoms with E-state index in [2.05, 4.69) is 20.4 Å². The summed E-state index contributed by atoms with van der Waals surface area (Å²) in [5.74, 6) is 0.326. The minimum absolute atomic E-state index is 0.239. The van der Waals surface area contributed by atoms with Gasteiger partial charge in [-0.25, -0.2) is 4.98 Å². The maximum Gasteiger partial charge on any atom is 0.406 e. The highest BCUT2D eigenvalue weighted by molar-refractivity contribution is 5.09.